The van der Waals surface area contributed by atoms with Crippen molar-refractivity contribution in [3.05, 3.63) is 17.8 Å². The monoisotopic (exact) mass is 169 g/mol. The lowest BCUT2D eigenvalue weighted by Gasteiger charge is -2.00. The fourth-order valence-corrected chi connectivity index (χ4v) is 0.925. The van der Waals surface area contributed by atoms with Crippen molar-refractivity contribution in [2.45, 2.75) is 19.9 Å². The smallest absolute Gasteiger partial charge is 0.181 e. The molecular formula is C8H15N3O. The van der Waals surface area contributed by atoms with Gasteiger partial charge in [-0.05, 0) is 26.4 Å². The molecule has 0 radical (unpaired) electrons. The first-order chi connectivity index (χ1) is 5.84. The highest BCUT2D eigenvalue weighted by Crippen LogP contribution is 2.03. The number of hydrogen-bond acceptors (Lipinski definition) is 4. The van der Waals surface area contributed by atoms with E-state index < -0.39 is 0 Å². The Morgan fingerprint density at radius 1 is 1.67 bits per heavy atom. The Balaban J connectivity index is 2.20. The second-order valence-corrected chi connectivity index (χ2v) is 2.68. The predicted molar refractivity (Wildman–Crippen MR) is 46.6 cm³/mol. The van der Waals surface area contributed by atoms with E-state index in [1.54, 1.807) is 0 Å². The van der Waals surface area contributed by atoms with E-state index in [0.29, 0.717) is 0 Å². The molecule has 3 N–H and O–H groups in total. The molecule has 0 atom stereocenters. The van der Waals surface area contributed by atoms with Crippen LogP contribution in [-0.4, -0.2) is 18.1 Å². The summed E-state index contributed by atoms with van der Waals surface area (Å²) in [6.07, 6.45) is 2.46. The van der Waals surface area contributed by atoms with Gasteiger partial charge in [0.05, 0.1) is 12.2 Å². The van der Waals surface area contributed by atoms with Gasteiger partial charge in [0, 0.05) is 0 Å². The quantitative estimate of drug-likeness (QED) is 0.627. The van der Waals surface area contributed by atoms with Gasteiger partial charge in [0.1, 0.15) is 5.76 Å². The summed E-state index contributed by atoms with van der Waals surface area (Å²) in [5.74, 6) is 0.909. The second-order valence-electron chi connectivity index (χ2n) is 2.68. The first-order valence-corrected chi connectivity index (χ1v) is 4.14. The summed E-state index contributed by atoms with van der Waals surface area (Å²) in [6.45, 7) is 4.33. The zero-order valence-corrected chi connectivity index (χ0v) is 7.34. The number of nitrogens with zero attached hydrogens (tertiary/aromatic N) is 1. The molecular weight excluding hydrogens is 154 g/mol. The molecule has 12 heavy (non-hydrogen) atoms. The summed E-state index contributed by atoms with van der Waals surface area (Å²) < 4.78 is 5.14. The van der Waals surface area contributed by atoms with Crippen LogP contribution < -0.4 is 11.1 Å². The van der Waals surface area contributed by atoms with Crippen LogP contribution in [0.1, 0.15) is 17.9 Å². The lowest BCUT2D eigenvalue weighted by Crippen LogP contribution is -2.17. The molecule has 0 aliphatic heterocycles. The van der Waals surface area contributed by atoms with Crippen molar-refractivity contribution in [3.63, 3.8) is 0 Å². The van der Waals surface area contributed by atoms with Crippen molar-refractivity contribution in [2.24, 2.45) is 5.73 Å². The molecule has 0 bridgehead atoms. The van der Waals surface area contributed by atoms with E-state index in [9.17, 15) is 0 Å². The Bertz CT molecular complexity index is 222. The molecule has 0 saturated heterocycles. The minimum atomic E-state index is 0.725. The lowest BCUT2D eigenvalue weighted by molar-refractivity contribution is 0.476. The molecule has 1 aromatic rings. The third-order valence-electron chi connectivity index (χ3n) is 1.69. The van der Waals surface area contributed by atoms with Gasteiger partial charge in [-0.25, -0.2) is 4.98 Å². The zero-order valence-electron chi connectivity index (χ0n) is 7.34. The maximum Gasteiger partial charge on any atom is 0.181 e. The van der Waals surface area contributed by atoms with Crippen LogP contribution in [0.5, 0.6) is 0 Å². The standard InChI is InChI=1S/C8H15N3O/c1-7-8(12-6-11-7)5-10-4-2-3-9/h6,10H,2-5,9H2,1H3. The van der Waals surface area contributed by atoms with E-state index >= 15 is 0 Å². The Kier molecular flexibility index (Phi) is 3.76. The van der Waals surface area contributed by atoms with Crippen LogP contribution in [0.15, 0.2) is 10.8 Å². The van der Waals surface area contributed by atoms with Crippen molar-refractivity contribution < 1.29 is 4.42 Å². The summed E-state index contributed by atoms with van der Waals surface area (Å²) in [5.41, 5.74) is 6.30. The van der Waals surface area contributed by atoms with Gasteiger partial charge in [0.25, 0.3) is 0 Å². The molecule has 4 heteroatoms. The van der Waals surface area contributed by atoms with E-state index in [4.69, 9.17) is 10.2 Å². The number of aryl methyl sites for hydroxylation is 1. The maximum absolute atomic E-state index is 5.34. The summed E-state index contributed by atoms with van der Waals surface area (Å²) in [5, 5.41) is 3.22. The van der Waals surface area contributed by atoms with E-state index in [0.717, 1.165) is 37.5 Å². The van der Waals surface area contributed by atoms with E-state index in [1.807, 2.05) is 6.92 Å². The molecule has 0 aliphatic carbocycles. The van der Waals surface area contributed by atoms with Crippen molar-refractivity contribution in [1.82, 2.24) is 10.3 Å². The Morgan fingerprint density at radius 2 is 2.50 bits per heavy atom. The van der Waals surface area contributed by atoms with Crippen LogP contribution in [0.4, 0.5) is 0 Å². The number of oxazole rings is 1. The van der Waals surface area contributed by atoms with Gasteiger partial charge in [0.2, 0.25) is 0 Å². The van der Waals surface area contributed by atoms with Crippen LogP contribution in [0.2, 0.25) is 0 Å². The first kappa shape index (κ1) is 9.22. The van der Waals surface area contributed by atoms with Crippen molar-refractivity contribution in [2.75, 3.05) is 13.1 Å². The number of hydrogen-bond donors (Lipinski definition) is 2. The summed E-state index contributed by atoms with van der Waals surface area (Å²) >= 11 is 0. The zero-order chi connectivity index (χ0) is 8.81. The first-order valence-electron chi connectivity index (χ1n) is 4.14. The minimum Gasteiger partial charge on any atom is -0.447 e. The Labute approximate surface area is 72.2 Å². The average Bonchev–Trinajstić information content (AvgIpc) is 2.46. The van der Waals surface area contributed by atoms with E-state index in [2.05, 4.69) is 10.3 Å². The van der Waals surface area contributed by atoms with Crippen molar-refractivity contribution >= 4 is 0 Å². The Hall–Kier alpha value is -0.870. The van der Waals surface area contributed by atoms with E-state index in [-0.39, 0.29) is 0 Å². The minimum absolute atomic E-state index is 0.725. The molecule has 68 valence electrons. The molecule has 4 nitrogen and oxygen atoms in total. The largest absolute Gasteiger partial charge is 0.447 e. The molecule has 1 rings (SSSR count). The Morgan fingerprint density at radius 3 is 3.08 bits per heavy atom. The van der Waals surface area contributed by atoms with Gasteiger partial charge in [-0.2, -0.15) is 0 Å². The van der Waals surface area contributed by atoms with Crippen LogP contribution >= 0.6 is 0 Å². The van der Waals surface area contributed by atoms with Crippen LogP contribution in [-0.2, 0) is 6.54 Å². The van der Waals surface area contributed by atoms with Gasteiger partial charge in [-0.3, -0.25) is 0 Å². The molecule has 0 saturated carbocycles. The predicted octanol–water partition coefficient (Wildman–Crippen LogP) is 0.421. The van der Waals surface area contributed by atoms with Crippen LogP contribution in [0, 0.1) is 6.92 Å². The molecule has 0 amide bonds. The third-order valence-corrected chi connectivity index (χ3v) is 1.69. The molecule has 1 heterocycles. The number of rotatable bonds is 5. The van der Waals surface area contributed by atoms with Crippen molar-refractivity contribution in [1.29, 1.82) is 0 Å². The van der Waals surface area contributed by atoms with Gasteiger partial charge in [-0.15, -0.1) is 0 Å². The average molecular weight is 169 g/mol. The molecule has 0 unspecified atom stereocenters. The normalized spacial score (nSPS) is 10.5. The number of nitrogens with one attached hydrogen (secondary N) is 1. The van der Waals surface area contributed by atoms with E-state index in [1.165, 1.54) is 6.39 Å². The number of nitrogens with two attached hydrogens (primary N) is 1. The summed E-state index contributed by atoms with van der Waals surface area (Å²) in [7, 11) is 0. The van der Waals surface area contributed by atoms with Gasteiger partial charge >= 0.3 is 0 Å². The maximum atomic E-state index is 5.34. The fourth-order valence-electron chi connectivity index (χ4n) is 0.925. The topological polar surface area (TPSA) is 64.1 Å². The lowest BCUT2D eigenvalue weighted by atomic mass is 10.3. The molecule has 0 spiro atoms. The SMILES string of the molecule is Cc1ncoc1CNCCCN. The van der Waals surface area contributed by atoms with Gasteiger partial charge in [0.15, 0.2) is 6.39 Å². The molecule has 0 aliphatic rings. The molecule has 0 aromatic carbocycles. The van der Waals surface area contributed by atoms with Gasteiger partial charge in [-0.1, -0.05) is 0 Å². The summed E-state index contributed by atoms with van der Waals surface area (Å²) in [6, 6.07) is 0. The van der Waals surface area contributed by atoms with Crippen LogP contribution in [0.3, 0.4) is 0 Å². The molecule has 1 aromatic heterocycles. The second kappa shape index (κ2) is 4.90. The van der Waals surface area contributed by atoms with Crippen LogP contribution in [0.25, 0.3) is 0 Å². The highest BCUT2D eigenvalue weighted by molar-refractivity contribution is 5.03. The number of aromatic nitrogens is 1. The van der Waals surface area contributed by atoms with Crippen molar-refractivity contribution in [3.8, 4) is 0 Å². The highest BCUT2D eigenvalue weighted by Gasteiger charge is 2.00. The third kappa shape index (κ3) is 2.64. The van der Waals surface area contributed by atoms with Gasteiger partial charge < -0.3 is 15.5 Å². The summed E-state index contributed by atoms with van der Waals surface area (Å²) in [4.78, 5) is 3.98. The molecule has 0 fully saturated rings. The highest BCUT2D eigenvalue weighted by atomic mass is 16.3. The fraction of sp³-hybridized carbons (Fsp3) is 0.625.